The Balaban J connectivity index is 1.76. The number of carbonyl (C=O) groups is 1. The summed E-state index contributed by atoms with van der Waals surface area (Å²) in [4.78, 5) is 30.8. The van der Waals surface area contributed by atoms with Gasteiger partial charge in [-0.05, 0) is 17.7 Å². The first-order valence-electron chi connectivity index (χ1n) is 10.2. The fourth-order valence-electron chi connectivity index (χ4n) is 3.61. The van der Waals surface area contributed by atoms with Crippen molar-refractivity contribution in [1.29, 1.82) is 0 Å². The molecule has 0 spiro atoms. The van der Waals surface area contributed by atoms with Gasteiger partial charge in [0.15, 0.2) is 17.2 Å². The van der Waals surface area contributed by atoms with Crippen LogP contribution in [0.1, 0.15) is 16.1 Å². The van der Waals surface area contributed by atoms with Gasteiger partial charge in [-0.1, -0.05) is 42.5 Å². The first-order chi connectivity index (χ1) is 16.0. The molecule has 8 nitrogen and oxygen atoms in total. The van der Waals surface area contributed by atoms with Crippen molar-refractivity contribution in [3.63, 3.8) is 0 Å². The van der Waals surface area contributed by atoms with E-state index < -0.39 is 11.5 Å². The molecule has 1 amide bonds. The Morgan fingerprint density at radius 3 is 2.18 bits per heavy atom. The minimum absolute atomic E-state index is 0.210. The quantitative estimate of drug-likeness (QED) is 0.466. The summed E-state index contributed by atoms with van der Waals surface area (Å²) in [5, 5.41) is 2.73. The molecule has 8 heteroatoms. The van der Waals surface area contributed by atoms with Gasteiger partial charge in [0, 0.05) is 17.8 Å². The molecule has 0 saturated heterocycles. The summed E-state index contributed by atoms with van der Waals surface area (Å²) in [7, 11) is 4.46. The summed E-state index contributed by atoms with van der Waals surface area (Å²) < 4.78 is 17.5. The summed E-state index contributed by atoms with van der Waals surface area (Å²) in [6, 6.07) is 20.0. The third-order valence-corrected chi connectivity index (χ3v) is 5.17. The van der Waals surface area contributed by atoms with E-state index in [4.69, 9.17) is 14.2 Å². The highest BCUT2D eigenvalue weighted by atomic mass is 16.5. The van der Waals surface area contributed by atoms with Gasteiger partial charge in [-0.3, -0.25) is 9.59 Å². The number of aromatic nitrogens is 2. The van der Waals surface area contributed by atoms with E-state index in [0.717, 1.165) is 5.56 Å². The number of benzene rings is 3. The lowest BCUT2D eigenvalue weighted by atomic mass is 10.2. The molecule has 1 aromatic heterocycles. The van der Waals surface area contributed by atoms with Crippen molar-refractivity contribution >= 4 is 22.6 Å². The maximum atomic E-state index is 13.3. The number of nitrogens with one attached hydrogen (secondary N) is 1. The minimum Gasteiger partial charge on any atom is -0.493 e. The van der Waals surface area contributed by atoms with E-state index in [9.17, 15) is 9.59 Å². The average molecular weight is 445 g/mol. The van der Waals surface area contributed by atoms with Crippen LogP contribution in [0.25, 0.3) is 11.0 Å². The Labute approximate surface area is 190 Å². The SMILES string of the molecule is COc1cc(NC(=O)c2nc3ccccc3n(Cc3ccccc3)c2=O)cc(OC)c1OC. The summed E-state index contributed by atoms with van der Waals surface area (Å²) in [5.41, 5.74) is 1.81. The largest absolute Gasteiger partial charge is 0.493 e. The van der Waals surface area contributed by atoms with Gasteiger partial charge in [0.2, 0.25) is 5.75 Å². The number of rotatable bonds is 7. The van der Waals surface area contributed by atoms with Crippen molar-refractivity contribution in [2.24, 2.45) is 0 Å². The predicted octanol–water partition coefficient (Wildman–Crippen LogP) is 3.72. The van der Waals surface area contributed by atoms with Crippen molar-refractivity contribution in [3.05, 3.63) is 88.3 Å². The number of nitrogens with zero attached hydrogens (tertiary/aromatic N) is 2. The van der Waals surface area contributed by atoms with Crippen LogP contribution in [0.3, 0.4) is 0 Å². The zero-order valence-electron chi connectivity index (χ0n) is 18.5. The second-order valence-corrected chi connectivity index (χ2v) is 7.19. The summed E-state index contributed by atoms with van der Waals surface area (Å²) in [5.74, 6) is 0.508. The lowest BCUT2D eigenvalue weighted by molar-refractivity contribution is 0.102. The van der Waals surface area contributed by atoms with E-state index >= 15 is 0 Å². The van der Waals surface area contributed by atoms with Crippen LogP contribution >= 0.6 is 0 Å². The number of ether oxygens (including phenoxy) is 3. The summed E-state index contributed by atoms with van der Waals surface area (Å²) in [6.45, 7) is 0.313. The van der Waals surface area contributed by atoms with Gasteiger partial charge in [0.1, 0.15) is 0 Å². The predicted molar refractivity (Wildman–Crippen MR) is 126 cm³/mol. The van der Waals surface area contributed by atoms with Crippen LogP contribution in [0.4, 0.5) is 5.69 Å². The molecular weight excluding hydrogens is 422 g/mol. The van der Waals surface area contributed by atoms with E-state index in [1.54, 1.807) is 22.8 Å². The molecule has 1 N–H and O–H groups in total. The number of hydrogen-bond acceptors (Lipinski definition) is 6. The average Bonchev–Trinajstić information content (AvgIpc) is 2.85. The molecule has 0 atom stereocenters. The van der Waals surface area contributed by atoms with Crippen LogP contribution in [0, 0.1) is 0 Å². The monoisotopic (exact) mass is 445 g/mol. The number of anilines is 1. The Morgan fingerprint density at radius 2 is 1.55 bits per heavy atom. The summed E-state index contributed by atoms with van der Waals surface area (Å²) in [6.07, 6.45) is 0. The number of amides is 1. The highest BCUT2D eigenvalue weighted by Gasteiger charge is 2.20. The number of methoxy groups -OCH3 is 3. The minimum atomic E-state index is -0.637. The van der Waals surface area contributed by atoms with Crippen LogP contribution in [-0.4, -0.2) is 36.8 Å². The topological polar surface area (TPSA) is 91.7 Å². The van der Waals surface area contributed by atoms with Gasteiger partial charge in [0.25, 0.3) is 11.5 Å². The maximum absolute atomic E-state index is 13.3. The van der Waals surface area contributed by atoms with Crippen molar-refractivity contribution in [1.82, 2.24) is 9.55 Å². The van der Waals surface area contributed by atoms with Gasteiger partial charge in [-0.25, -0.2) is 4.98 Å². The molecule has 0 aliphatic carbocycles. The Morgan fingerprint density at radius 1 is 0.909 bits per heavy atom. The first-order valence-corrected chi connectivity index (χ1v) is 10.2. The highest BCUT2D eigenvalue weighted by Crippen LogP contribution is 2.40. The maximum Gasteiger partial charge on any atom is 0.283 e. The van der Waals surface area contributed by atoms with Crippen LogP contribution < -0.4 is 25.1 Å². The molecule has 0 aliphatic rings. The fraction of sp³-hybridized carbons (Fsp3) is 0.160. The van der Waals surface area contributed by atoms with Crippen molar-refractivity contribution < 1.29 is 19.0 Å². The lowest BCUT2D eigenvalue weighted by Gasteiger charge is -2.15. The van der Waals surface area contributed by atoms with Crippen molar-refractivity contribution in [2.75, 3.05) is 26.6 Å². The number of hydrogen-bond donors (Lipinski definition) is 1. The molecule has 0 aliphatic heterocycles. The molecule has 0 saturated carbocycles. The van der Waals surface area contributed by atoms with E-state index in [-0.39, 0.29) is 5.69 Å². The summed E-state index contributed by atoms with van der Waals surface area (Å²) >= 11 is 0. The molecule has 0 radical (unpaired) electrons. The van der Waals surface area contributed by atoms with Gasteiger partial charge < -0.3 is 24.1 Å². The molecule has 4 rings (SSSR count). The molecule has 0 unspecified atom stereocenters. The third-order valence-electron chi connectivity index (χ3n) is 5.17. The van der Waals surface area contributed by atoms with E-state index in [1.165, 1.54) is 21.3 Å². The van der Waals surface area contributed by atoms with Gasteiger partial charge >= 0.3 is 0 Å². The molecule has 1 heterocycles. The second kappa shape index (κ2) is 9.44. The molecule has 3 aromatic carbocycles. The van der Waals surface area contributed by atoms with Gasteiger partial charge in [-0.15, -0.1) is 0 Å². The number of fused-ring (bicyclic) bond motifs is 1. The zero-order chi connectivity index (χ0) is 23.4. The Bertz CT molecular complexity index is 1340. The normalized spacial score (nSPS) is 10.6. The van der Waals surface area contributed by atoms with E-state index in [2.05, 4.69) is 10.3 Å². The van der Waals surface area contributed by atoms with E-state index in [0.29, 0.717) is 40.5 Å². The molecule has 4 aromatic rings. The van der Waals surface area contributed by atoms with Crippen molar-refractivity contribution in [2.45, 2.75) is 6.54 Å². The number of para-hydroxylation sites is 2. The lowest BCUT2D eigenvalue weighted by Crippen LogP contribution is -2.31. The zero-order valence-corrected chi connectivity index (χ0v) is 18.5. The van der Waals surface area contributed by atoms with E-state index in [1.807, 2.05) is 48.5 Å². The van der Waals surface area contributed by atoms with Crippen LogP contribution in [0.5, 0.6) is 17.2 Å². The Kier molecular flexibility index (Phi) is 6.26. The first kappa shape index (κ1) is 21.9. The van der Waals surface area contributed by atoms with Crippen molar-refractivity contribution in [3.8, 4) is 17.2 Å². The van der Waals surface area contributed by atoms with Crippen LogP contribution in [0.15, 0.2) is 71.5 Å². The van der Waals surface area contributed by atoms with Crippen LogP contribution in [0.2, 0.25) is 0 Å². The highest BCUT2D eigenvalue weighted by molar-refractivity contribution is 6.03. The molecule has 0 fully saturated rings. The van der Waals surface area contributed by atoms with Gasteiger partial charge in [0.05, 0.1) is 38.9 Å². The molecule has 33 heavy (non-hydrogen) atoms. The smallest absolute Gasteiger partial charge is 0.283 e. The number of carbonyl (C=O) groups excluding carboxylic acids is 1. The standard InChI is InChI=1S/C25H23N3O5/c1-31-20-13-17(14-21(32-2)23(20)33-3)26-24(29)22-25(30)28(15-16-9-5-4-6-10-16)19-12-8-7-11-18(19)27-22/h4-14H,15H2,1-3H3,(H,26,29). The second-order valence-electron chi connectivity index (χ2n) is 7.19. The van der Waals surface area contributed by atoms with Crippen LogP contribution in [-0.2, 0) is 6.54 Å². The third kappa shape index (κ3) is 4.36. The van der Waals surface area contributed by atoms with Gasteiger partial charge in [-0.2, -0.15) is 0 Å². The fourth-order valence-corrected chi connectivity index (χ4v) is 3.61. The molecular formula is C25H23N3O5. The molecule has 0 bridgehead atoms. The molecule has 168 valence electrons. The Hall–Kier alpha value is -4.33.